The minimum atomic E-state index is -0.814. The first-order chi connectivity index (χ1) is 15.8. The van der Waals surface area contributed by atoms with E-state index >= 15 is 0 Å². The van der Waals surface area contributed by atoms with Crippen molar-refractivity contribution < 1.29 is 29.3 Å². The number of benzene rings is 2. The molecule has 7 nitrogen and oxygen atoms in total. The number of carbonyl (C=O) groups excluding carboxylic acids is 2. The normalized spacial score (nSPS) is 17.5. The highest BCUT2D eigenvalue weighted by atomic mass is 35.5. The topological polar surface area (TPSA) is 96.3 Å². The molecule has 1 amide bonds. The van der Waals surface area contributed by atoms with Gasteiger partial charge in [-0.1, -0.05) is 42.3 Å². The van der Waals surface area contributed by atoms with Gasteiger partial charge in [-0.3, -0.25) is 9.59 Å². The lowest BCUT2D eigenvalue weighted by molar-refractivity contribution is -0.139. The number of aliphatic hydroxyl groups excluding tert-OH is 2. The molecule has 9 heteroatoms. The Labute approximate surface area is 202 Å². The van der Waals surface area contributed by atoms with Crippen LogP contribution in [0.5, 0.6) is 11.5 Å². The molecule has 1 aliphatic rings. The van der Waals surface area contributed by atoms with Gasteiger partial charge in [0.05, 0.1) is 35.4 Å². The predicted octanol–water partition coefficient (Wildman–Crippen LogP) is 4.59. The Bertz CT molecular complexity index is 1060. The van der Waals surface area contributed by atoms with Crippen molar-refractivity contribution in [3.63, 3.8) is 0 Å². The molecule has 0 spiro atoms. The fraction of sp³-hybridized carbons (Fsp3) is 0.333. The molecule has 33 heavy (non-hydrogen) atoms. The van der Waals surface area contributed by atoms with Gasteiger partial charge in [-0.25, -0.2) is 0 Å². The van der Waals surface area contributed by atoms with Crippen molar-refractivity contribution in [3.8, 4) is 11.5 Å². The van der Waals surface area contributed by atoms with Crippen LogP contribution in [0.25, 0.3) is 5.76 Å². The molecule has 0 bridgehead atoms. The van der Waals surface area contributed by atoms with Crippen molar-refractivity contribution in [2.45, 2.75) is 25.8 Å². The second-order valence-corrected chi connectivity index (χ2v) is 8.28. The molecule has 3 rings (SSSR count). The Hall–Kier alpha value is -2.74. The largest absolute Gasteiger partial charge is 0.507 e. The van der Waals surface area contributed by atoms with Crippen LogP contribution < -0.4 is 9.47 Å². The van der Waals surface area contributed by atoms with E-state index < -0.39 is 17.7 Å². The van der Waals surface area contributed by atoms with Crippen LogP contribution in [0.1, 0.15) is 36.9 Å². The zero-order chi connectivity index (χ0) is 24.1. The van der Waals surface area contributed by atoms with Gasteiger partial charge in [-0.15, -0.1) is 0 Å². The first kappa shape index (κ1) is 24.9. The molecule has 2 aromatic rings. The van der Waals surface area contributed by atoms with E-state index in [2.05, 4.69) is 0 Å². The fourth-order valence-corrected chi connectivity index (χ4v) is 4.42. The van der Waals surface area contributed by atoms with Crippen molar-refractivity contribution in [2.75, 3.05) is 26.9 Å². The van der Waals surface area contributed by atoms with Gasteiger partial charge in [0.15, 0.2) is 5.75 Å². The van der Waals surface area contributed by atoms with Gasteiger partial charge >= 0.3 is 0 Å². The van der Waals surface area contributed by atoms with E-state index in [4.69, 9.17) is 37.8 Å². The minimum absolute atomic E-state index is 0.00331. The lowest BCUT2D eigenvalue weighted by Gasteiger charge is -2.25. The van der Waals surface area contributed by atoms with Gasteiger partial charge in [-0.2, -0.15) is 0 Å². The number of hydrogen-bond acceptors (Lipinski definition) is 6. The molecule has 0 aliphatic carbocycles. The molecule has 1 saturated heterocycles. The lowest BCUT2D eigenvalue weighted by atomic mass is 9.95. The average Bonchev–Trinajstić information content (AvgIpc) is 3.04. The van der Waals surface area contributed by atoms with Crippen molar-refractivity contribution in [1.82, 2.24) is 4.90 Å². The number of nitrogens with zero attached hydrogens (tertiary/aromatic N) is 1. The summed E-state index contributed by atoms with van der Waals surface area (Å²) < 4.78 is 10.8. The van der Waals surface area contributed by atoms with Crippen molar-refractivity contribution >= 4 is 40.7 Å². The van der Waals surface area contributed by atoms with Crippen LogP contribution in [0, 0.1) is 0 Å². The molecule has 0 saturated carbocycles. The zero-order valence-corrected chi connectivity index (χ0v) is 19.8. The van der Waals surface area contributed by atoms with Crippen LogP contribution in [0.15, 0.2) is 42.0 Å². The Kier molecular flexibility index (Phi) is 8.24. The quantitative estimate of drug-likeness (QED) is 0.229. The van der Waals surface area contributed by atoms with Crippen molar-refractivity contribution in [2.24, 2.45) is 0 Å². The monoisotopic (exact) mass is 493 g/mol. The van der Waals surface area contributed by atoms with Crippen LogP contribution in [0.3, 0.4) is 0 Å². The van der Waals surface area contributed by atoms with Crippen LogP contribution in [-0.4, -0.2) is 53.7 Å². The van der Waals surface area contributed by atoms with E-state index in [1.807, 2.05) is 6.92 Å². The summed E-state index contributed by atoms with van der Waals surface area (Å²) in [7, 11) is 1.42. The Morgan fingerprint density at radius 2 is 1.85 bits per heavy atom. The number of aliphatic hydroxyl groups is 2. The third kappa shape index (κ3) is 5.11. The number of amides is 1. The highest BCUT2D eigenvalue weighted by molar-refractivity contribution is 6.46. The van der Waals surface area contributed by atoms with Gasteiger partial charge in [0.25, 0.3) is 11.7 Å². The van der Waals surface area contributed by atoms with E-state index in [0.717, 1.165) is 0 Å². The molecular formula is C24H25Cl2NO6. The maximum absolute atomic E-state index is 13.0. The third-order valence-electron chi connectivity index (χ3n) is 5.23. The summed E-state index contributed by atoms with van der Waals surface area (Å²) in [4.78, 5) is 27.3. The minimum Gasteiger partial charge on any atom is -0.507 e. The molecule has 1 unspecified atom stereocenters. The van der Waals surface area contributed by atoms with Crippen LogP contribution in [0.2, 0.25) is 10.0 Å². The van der Waals surface area contributed by atoms with Gasteiger partial charge in [0.1, 0.15) is 11.5 Å². The molecule has 1 heterocycles. The second-order valence-electron chi connectivity index (χ2n) is 7.46. The fourth-order valence-electron chi connectivity index (χ4n) is 3.77. The molecule has 2 N–H and O–H groups in total. The molecule has 1 fully saturated rings. The van der Waals surface area contributed by atoms with E-state index in [1.165, 1.54) is 24.1 Å². The standard InChI is InChI=1S/C24H25Cl2NO6/c1-3-8-27-20(14-6-4-7-16(11-14)33-10-5-9-28)19(22(30)24(27)31)21(29)15-12-17(25)23(32-2)18(26)13-15/h4,6-7,11-13,20,28-29H,3,5,8-10H2,1-2H3/b21-19+. The molecule has 0 radical (unpaired) electrons. The van der Waals surface area contributed by atoms with Gasteiger partial charge in [-0.05, 0) is 36.2 Å². The van der Waals surface area contributed by atoms with Gasteiger partial charge in [0.2, 0.25) is 0 Å². The summed E-state index contributed by atoms with van der Waals surface area (Å²) in [6.45, 7) is 2.54. The molecule has 176 valence electrons. The number of methoxy groups -OCH3 is 1. The summed E-state index contributed by atoms with van der Waals surface area (Å²) in [6, 6.07) is 9.02. The first-order valence-electron chi connectivity index (χ1n) is 10.5. The van der Waals surface area contributed by atoms with Gasteiger partial charge in [0, 0.05) is 25.1 Å². The maximum atomic E-state index is 13.0. The highest BCUT2D eigenvalue weighted by Crippen LogP contribution is 2.42. The van der Waals surface area contributed by atoms with E-state index in [0.29, 0.717) is 37.3 Å². The summed E-state index contributed by atoms with van der Waals surface area (Å²) >= 11 is 12.4. The summed E-state index contributed by atoms with van der Waals surface area (Å²) in [5.74, 6) is -1.10. The number of likely N-dealkylation sites (tertiary alicyclic amines) is 1. The van der Waals surface area contributed by atoms with Crippen molar-refractivity contribution in [3.05, 3.63) is 63.1 Å². The number of halogens is 2. The van der Waals surface area contributed by atoms with E-state index in [-0.39, 0.29) is 39.3 Å². The second kappa shape index (κ2) is 10.9. The smallest absolute Gasteiger partial charge is 0.295 e. The molecular weight excluding hydrogens is 469 g/mol. The third-order valence-corrected chi connectivity index (χ3v) is 5.79. The van der Waals surface area contributed by atoms with E-state index in [9.17, 15) is 14.7 Å². The van der Waals surface area contributed by atoms with E-state index in [1.54, 1.807) is 24.3 Å². The number of carbonyl (C=O) groups is 2. The number of ether oxygens (including phenoxy) is 2. The Morgan fingerprint density at radius 1 is 1.15 bits per heavy atom. The predicted molar refractivity (Wildman–Crippen MR) is 126 cm³/mol. The molecule has 0 aromatic heterocycles. The van der Waals surface area contributed by atoms with Crippen molar-refractivity contribution in [1.29, 1.82) is 0 Å². The molecule has 1 atom stereocenters. The zero-order valence-electron chi connectivity index (χ0n) is 18.3. The lowest BCUT2D eigenvalue weighted by Crippen LogP contribution is -2.30. The first-order valence-corrected chi connectivity index (χ1v) is 11.2. The summed E-state index contributed by atoms with van der Waals surface area (Å²) in [5, 5.41) is 20.4. The average molecular weight is 494 g/mol. The van der Waals surface area contributed by atoms with Crippen LogP contribution in [-0.2, 0) is 9.59 Å². The molecule has 1 aliphatic heterocycles. The van der Waals surface area contributed by atoms with Crippen LogP contribution in [0.4, 0.5) is 0 Å². The number of rotatable bonds is 9. The SMILES string of the molecule is CCCN1C(=O)C(=O)/C(=C(/O)c2cc(Cl)c(OC)c(Cl)c2)C1c1cccc(OCCCO)c1. The van der Waals surface area contributed by atoms with Gasteiger partial charge < -0.3 is 24.6 Å². The summed E-state index contributed by atoms with van der Waals surface area (Å²) in [5.41, 5.74) is 0.746. The maximum Gasteiger partial charge on any atom is 0.295 e. The van der Waals surface area contributed by atoms with Crippen LogP contribution >= 0.6 is 23.2 Å². The number of hydrogen-bond donors (Lipinski definition) is 2. The molecule has 2 aromatic carbocycles. The summed E-state index contributed by atoms with van der Waals surface area (Å²) in [6.07, 6.45) is 1.09. The highest BCUT2D eigenvalue weighted by Gasteiger charge is 2.45. The number of Topliss-reactive ketones (excluding diaryl/α,β-unsaturated/α-hetero) is 1. The Morgan fingerprint density at radius 3 is 2.45 bits per heavy atom. The Balaban J connectivity index is 2.13. The number of ketones is 1.